The highest BCUT2D eigenvalue weighted by atomic mass is 35.5. The van der Waals surface area contributed by atoms with Gasteiger partial charge in [-0.25, -0.2) is 4.39 Å². The molecule has 0 spiro atoms. The highest BCUT2D eigenvalue weighted by Crippen LogP contribution is 2.36. The highest BCUT2D eigenvalue weighted by molar-refractivity contribution is 6.32. The molecule has 0 radical (unpaired) electrons. The zero-order valence-electron chi connectivity index (χ0n) is 16.6. The first-order chi connectivity index (χ1) is 14.3. The smallest absolute Gasteiger partial charge is 0.170 e. The van der Waals surface area contributed by atoms with Crippen LogP contribution in [0.4, 0.5) is 10.1 Å². The largest absolute Gasteiger partial charge is 0.504 e. The number of anilines is 1. The Bertz CT molecular complexity index is 1100. The quantitative estimate of drug-likeness (QED) is 0.493. The number of nitrogens with one attached hydrogen (secondary N) is 1. The molecule has 7 heteroatoms. The molecule has 5 nitrogen and oxygen atoms in total. The summed E-state index contributed by atoms with van der Waals surface area (Å²) < 4.78 is 14.0. The number of carbonyl (C=O) groups is 1. The standard InChI is InChI=1S/C23H23ClFN3O2/c1-12(29)18-11-27-21-7-2-13(14-9-19(24)23(30)20(25)10-14)8-17(21)22(18)28-16-5-3-15(26)4-6-16/h2,7-11,15-16,30H,3-6,26H2,1H3,(H,27,28)/t15-,16-. The van der Waals surface area contributed by atoms with E-state index in [1.54, 1.807) is 6.20 Å². The second-order valence-electron chi connectivity index (χ2n) is 7.88. The van der Waals surface area contributed by atoms with Gasteiger partial charge in [-0.2, -0.15) is 0 Å². The molecular formula is C23H23ClFN3O2. The Balaban J connectivity index is 1.82. The number of fused-ring (bicyclic) bond motifs is 1. The van der Waals surface area contributed by atoms with Crippen molar-refractivity contribution in [1.29, 1.82) is 0 Å². The van der Waals surface area contributed by atoms with Crippen LogP contribution in [0.2, 0.25) is 5.02 Å². The minimum Gasteiger partial charge on any atom is -0.504 e. The number of carbonyl (C=O) groups excluding carboxylic acids is 1. The Morgan fingerprint density at radius 1 is 1.20 bits per heavy atom. The lowest BCUT2D eigenvalue weighted by Crippen LogP contribution is -2.33. The molecule has 1 aliphatic carbocycles. The van der Waals surface area contributed by atoms with E-state index in [9.17, 15) is 14.3 Å². The summed E-state index contributed by atoms with van der Waals surface area (Å²) in [4.78, 5) is 16.7. The van der Waals surface area contributed by atoms with Crippen LogP contribution in [-0.2, 0) is 0 Å². The second-order valence-corrected chi connectivity index (χ2v) is 8.29. The van der Waals surface area contributed by atoms with Crippen LogP contribution in [0.25, 0.3) is 22.0 Å². The predicted octanol–water partition coefficient (Wildman–Crippen LogP) is 5.28. The Hall–Kier alpha value is -2.70. The number of pyridine rings is 1. The van der Waals surface area contributed by atoms with E-state index in [-0.39, 0.29) is 22.9 Å². The molecule has 156 valence electrons. The van der Waals surface area contributed by atoms with E-state index in [1.807, 2.05) is 18.2 Å². The zero-order valence-corrected chi connectivity index (χ0v) is 17.3. The molecule has 30 heavy (non-hydrogen) atoms. The summed E-state index contributed by atoms with van der Waals surface area (Å²) in [6.07, 6.45) is 5.33. The van der Waals surface area contributed by atoms with Gasteiger partial charge in [-0.15, -0.1) is 0 Å². The topological polar surface area (TPSA) is 88.2 Å². The van der Waals surface area contributed by atoms with E-state index < -0.39 is 11.6 Å². The molecule has 1 aromatic heterocycles. The van der Waals surface area contributed by atoms with Gasteiger partial charge in [0.15, 0.2) is 17.3 Å². The fourth-order valence-electron chi connectivity index (χ4n) is 3.99. The van der Waals surface area contributed by atoms with Crippen molar-refractivity contribution in [2.45, 2.75) is 44.7 Å². The minimum absolute atomic E-state index is 0.0578. The number of hydrogen-bond acceptors (Lipinski definition) is 5. The average Bonchev–Trinajstić information content (AvgIpc) is 2.73. The number of nitrogens with zero attached hydrogens (tertiary/aromatic N) is 1. The van der Waals surface area contributed by atoms with Crippen molar-refractivity contribution < 1.29 is 14.3 Å². The zero-order chi connectivity index (χ0) is 21.4. The SMILES string of the molecule is CC(=O)c1cnc2ccc(-c3cc(F)c(O)c(Cl)c3)cc2c1N[C@H]1CC[C@H](N)CC1. The van der Waals surface area contributed by atoms with Gasteiger partial charge >= 0.3 is 0 Å². The fraction of sp³-hybridized carbons (Fsp3) is 0.304. The lowest BCUT2D eigenvalue weighted by Gasteiger charge is -2.28. The number of nitrogens with two attached hydrogens (primary N) is 1. The number of aromatic nitrogens is 1. The number of benzene rings is 2. The van der Waals surface area contributed by atoms with E-state index in [1.165, 1.54) is 19.1 Å². The van der Waals surface area contributed by atoms with E-state index in [0.29, 0.717) is 16.7 Å². The van der Waals surface area contributed by atoms with E-state index in [2.05, 4.69) is 10.3 Å². The van der Waals surface area contributed by atoms with Crippen molar-refractivity contribution in [3.63, 3.8) is 0 Å². The maximum atomic E-state index is 14.0. The molecule has 4 rings (SSSR count). The number of halogens is 2. The summed E-state index contributed by atoms with van der Waals surface area (Å²) in [6.45, 7) is 1.52. The first-order valence-corrected chi connectivity index (χ1v) is 10.4. The molecule has 1 saturated carbocycles. The summed E-state index contributed by atoms with van der Waals surface area (Å²) in [7, 11) is 0. The molecule has 0 atom stereocenters. The van der Waals surface area contributed by atoms with E-state index in [0.717, 1.165) is 42.3 Å². The van der Waals surface area contributed by atoms with Gasteiger partial charge in [0, 0.05) is 23.7 Å². The number of Topliss-reactive ketones (excluding diaryl/α,β-unsaturated/α-hetero) is 1. The van der Waals surface area contributed by atoms with Gasteiger partial charge in [0.05, 0.1) is 21.8 Å². The number of ketones is 1. The van der Waals surface area contributed by atoms with Gasteiger partial charge in [0.25, 0.3) is 0 Å². The molecule has 0 saturated heterocycles. The average molecular weight is 428 g/mol. The molecule has 0 unspecified atom stereocenters. The summed E-state index contributed by atoms with van der Waals surface area (Å²) >= 11 is 5.96. The molecular weight excluding hydrogens is 405 g/mol. The van der Waals surface area contributed by atoms with Crippen molar-refractivity contribution in [3.05, 3.63) is 52.9 Å². The van der Waals surface area contributed by atoms with Crippen molar-refractivity contribution in [2.75, 3.05) is 5.32 Å². The van der Waals surface area contributed by atoms with Crippen LogP contribution in [0.1, 0.15) is 43.0 Å². The van der Waals surface area contributed by atoms with Gasteiger partial charge < -0.3 is 16.2 Å². The Labute approximate surface area is 179 Å². The molecule has 1 fully saturated rings. The van der Waals surface area contributed by atoms with Crippen LogP contribution < -0.4 is 11.1 Å². The van der Waals surface area contributed by atoms with Gasteiger partial charge in [-0.05, 0) is 68.0 Å². The minimum atomic E-state index is -0.787. The number of phenols is 1. The molecule has 2 aromatic carbocycles. The van der Waals surface area contributed by atoms with Crippen LogP contribution in [-0.4, -0.2) is 28.0 Å². The third kappa shape index (κ3) is 3.98. The van der Waals surface area contributed by atoms with Gasteiger partial charge in [0.1, 0.15) is 0 Å². The fourth-order valence-corrected chi connectivity index (χ4v) is 4.20. The van der Waals surface area contributed by atoms with Crippen molar-refractivity contribution in [3.8, 4) is 16.9 Å². The lowest BCUT2D eigenvalue weighted by atomic mass is 9.91. The predicted molar refractivity (Wildman–Crippen MR) is 118 cm³/mol. The highest BCUT2D eigenvalue weighted by Gasteiger charge is 2.22. The Morgan fingerprint density at radius 3 is 2.60 bits per heavy atom. The molecule has 3 aromatic rings. The summed E-state index contributed by atoms with van der Waals surface area (Å²) in [5.41, 5.74) is 9.24. The van der Waals surface area contributed by atoms with Crippen LogP contribution >= 0.6 is 11.6 Å². The van der Waals surface area contributed by atoms with Gasteiger partial charge in [-0.3, -0.25) is 9.78 Å². The summed E-state index contributed by atoms with van der Waals surface area (Å²) in [6, 6.07) is 8.71. The molecule has 0 aliphatic heterocycles. The Kier molecular flexibility index (Phi) is 5.62. The first kappa shape index (κ1) is 20.6. The monoisotopic (exact) mass is 427 g/mol. The van der Waals surface area contributed by atoms with Crippen LogP contribution in [0.5, 0.6) is 5.75 Å². The summed E-state index contributed by atoms with van der Waals surface area (Å²) in [5.74, 6) is -1.44. The van der Waals surface area contributed by atoms with E-state index in [4.69, 9.17) is 17.3 Å². The van der Waals surface area contributed by atoms with Gasteiger partial charge in [-0.1, -0.05) is 17.7 Å². The normalized spacial score (nSPS) is 19.1. The Morgan fingerprint density at radius 2 is 1.93 bits per heavy atom. The van der Waals surface area contributed by atoms with E-state index >= 15 is 0 Å². The molecule has 0 bridgehead atoms. The molecule has 1 heterocycles. The van der Waals surface area contributed by atoms with Crippen molar-refractivity contribution in [2.24, 2.45) is 5.73 Å². The third-order valence-electron chi connectivity index (χ3n) is 5.72. The number of rotatable bonds is 4. The molecule has 4 N–H and O–H groups in total. The number of aromatic hydroxyl groups is 1. The number of phenolic OH excluding ortho intramolecular Hbond substituents is 1. The number of hydrogen-bond donors (Lipinski definition) is 3. The first-order valence-electron chi connectivity index (χ1n) is 9.97. The van der Waals surface area contributed by atoms with Crippen molar-refractivity contribution in [1.82, 2.24) is 4.98 Å². The van der Waals surface area contributed by atoms with Crippen LogP contribution in [0.3, 0.4) is 0 Å². The third-order valence-corrected chi connectivity index (χ3v) is 6.01. The van der Waals surface area contributed by atoms with Crippen LogP contribution in [0.15, 0.2) is 36.5 Å². The summed E-state index contributed by atoms with van der Waals surface area (Å²) in [5, 5.41) is 13.9. The van der Waals surface area contributed by atoms with Gasteiger partial charge in [0.2, 0.25) is 0 Å². The van der Waals surface area contributed by atoms with Crippen molar-refractivity contribution >= 4 is 34.0 Å². The molecule has 1 aliphatic rings. The molecule has 0 amide bonds. The maximum Gasteiger partial charge on any atom is 0.170 e. The van der Waals surface area contributed by atoms with Crippen LogP contribution in [0, 0.1) is 5.82 Å². The second kappa shape index (κ2) is 8.20. The maximum absolute atomic E-state index is 14.0. The lowest BCUT2D eigenvalue weighted by molar-refractivity contribution is 0.101.